The molecule has 0 aromatic rings. The first-order valence-corrected chi connectivity index (χ1v) is 8.25. The third kappa shape index (κ3) is 5.80. The van der Waals surface area contributed by atoms with Crippen molar-refractivity contribution in [3.63, 3.8) is 0 Å². The number of aliphatic hydroxyl groups excluding tert-OH is 1. The van der Waals surface area contributed by atoms with Crippen LogP contribution in [0.15, 0.2) is 0 Å². The minimum absolute atomic E-state index is 0.287. The lowest BCUT2D eigenvalue weighted by Gasteiger charge is -2.39. The molecule has 0 amide bonds. The van der Waals surface area contributed by atoms with Crippen molar-refractivity contribution >= 4 is 0 Å². The van der Waals surface area contributed by atoms with Gasteiger partial charge in [0.15, 0.2) is 0 Å². The summed E-state index contributed by atoms with van der Waals surface area (Å²) < 4.78 is 0. The van der Waals surface area contributed by atoms with E-state index < -0.39 is 0 Å². The van der Waals surface area contributed by atoms with Gasteiger partial charge in [0.1, 0.15) is 0 Å². The van der Waals surface area contributed by atoms with Crippen LogP contribution in [0.3, 0.4) is 0 Å². The number of rotatable bonds is 9. The first-order chi connectivity index (χ1) is 9.24. The van der Waals surface area contributed by atoms with E-state index in [1.807, 2.05) is 0 Å². The van der Waals surface area contributed by atoms with Crippen molar-refractivity contribution < 1.29 is 5.11 Å². The smallest absolute Gasteiger partial charge is 0.0558 e. The van der Waals surface area contributed by atoms with E-state index >= 15 is 0 Å². The van der Waals surface area contributed by atoms with Gasteiger partial charge in [0.05, 0.1) is 6.61 Å². The molecule has 114 valence electrons. The van der Waals surface area contributed by atoms with Gasteiger partial charge in [-0.05, 0) is 51.1 Å². The lowest BCUT2D eigenvalue weighted by atomic mass is 9.76. The summed E-state index contributed by atoms with van der Waals surface area (Å²) in [4.78, 5) is 2.45. The molecule has 2 N–H and O–H groups in total. The first-order valence-electron chi connectivity index (χ1n) is 8.25. The highest BCUT2D eigenvalue weighted by molar-refractivity contribution is 4.85. The van der Waals surface area contributed by atoms with E-state index in [2.05, 4.69) is 31.1 Å². The Balaban J connectivity index is 2.52. The zero-order chi connectivity index (χ0) is 14.1. The minimum atomic E-state index is 0.287. The molecule has 0 aliphatic heterocycles. The van der Waals surface area contributed by atoms with Crippen molar-refractivity contribution in [2.24, 2.45) is 11.8 Å². The first kappa shape index (κ1) is 16.9. The Morgan fingerprint density at radius 2 is 1.95 bits per heavy atom. The summed E-state index contributed by atoms with van der Waals surface area (Å²) in [6.45, 7) is 7.91. The minimum Gasteiger partial charge on any atom is -0.395 e. The van der Waals surface area contributed by atoms with Crippen LogP contribution in [-0.4, -0.2) is 49.3 Å². The van der Waals surface area contributed by atoms with Gasteiger partial charge >= 0.3 is 0 Å². The van der Waals surface area contributed by atoms with E-state index in [9.17, 15) is 5.11 Å². The fourth-order valence-corrected chi connectivity index (χ4v) is 3.70. The number of hydrogen-bond acceptors (Lipinski definition) is 3. The van der Waals surface area contributed by atoms with Crippen LogP contribution in [-0.2, 0) is 0 Å². The Labute approximate surface area is 119 Å². The van der Waals surface area contributed by atoms with Crippen LogP contribution < -0.4 is 5.32 Å². The van der Waals surface area contributed by atoms with Crippen LogP contribution in [0.1, 0.15) is 52.4 Å². The fraction of sp³-hybridized carbons (Fsp3) is 1.00. The molecule has 0 spiro atoms. The lowest BCUT2D eigenvalue weighted by molar-refractivity contribution is 0.122. The molecule has 3 atom stereocenters. The van der Waals surface area contributed by atoms with Crippen LogP contribution in [0.4, 0.5) is 0 Å². The van der Waals surface area contributed by atoms with E-state index in [4.69, 9.17) is 0 Å². The third-order valence-corrected chi connectivity index (χ3v) is 4.61. The predicted octanol–water partition coefficient (Wildman–Crippen LogP) is 2.50. The molecule has 1 saturated carbocycles. The zero-order valence-corrected chi connectivity index (χ0v) is 13.2. The molecule has 0 aromatic carbocycles. The van der Waals surface area contributed by atoms with Crippen molar-refractivity contribution in [2.45, 2.75) is 58.4 Å². The van der Waals surface area contributed by atoms with E-state index in [0.717, 1.165) is 31.5 Å². The Hall–Kier alpha value is -0.120. The maximum absolute atomic E-state index is 9.19. The summed E-state index contributed by atoms with van der Waals surface area (Å²) in [5.74, 6) is 1.69. The molecule has 0 heterocycles. The predicted molar refractivity (Wildman–Crippen MR) is 82.4 cm³/mol. The fourth-order valence-electron chi connectivity index (χ4n) is 3.70. The highest BCUT2D eigenvalue weighted by atomic mass is 16.3. The van der Waals surface area contributed by atoms with Crippen molar-refractivity contribution in [2.75, 3.05) is 33.3 Å². The second-order valence-electron chi connectivity index (χ2n) is 6.15. The summed E-state index contributed by atoms with van der Waals surface area (Å²) in [5.41, 5.74) is 0. The van der Waals surface area contributed by atoms with Crippen molar-refractivity contribution in [1.82, 2.24) is 10.2 Å². The number of nitrogens with zero attached hydrogens (tertiary/aromatic N) is 1. The topological polar surface area (TPSA) is 35.5 Å². The molecular weight excluding hydrogens is 236 g/mol. The Bertz CT molecular complexity index is 217. The number of hydrogen-bond donors (Lipinski definition) is 2. The molecule has 0 saturated heterocycles. The van der Waals surface area contributed by atoms with Gasteiger partial charge in [-0.3, -0.25) is 0 Å². The quantitative estimate of drug-likeness (QED) is 0.676. The molecule has 0 bridgehead atoms. The van der Waals surface area contributed by atoms with Gasteiger partial charge in [-0.15, -0.1) is 0 Å². The van der Waals surface area contributed by atoms with Crippen molar-refractivity contribution in [3.05, 3.63) is 0 Å². The SMILES string of the molecule is CCCC1CCC(NC)C(CN(CCC)CCO)C1. The van der Waals surface area contributed by atoms with E-state index in [-0.39, 0.29) is 6.61 Å². The van der Waals surface area contributed by atoms with Gasteiger partial charge < -0.3 is 15.3 Å². The molecular formula is C16H34N2O. The summed E-state index contributed by atoms with van der Waals surface area (Å²) >= 11 is 0. The molecule has 1 rings (SSSR count). The summed E-state index contributed by atoms with van der Waals surface area (Å²) in [6.07, 6.45) is 7.96. The van der Waals surface area contributed by atoms with Gasteiger partial charge in [-0.25, -0.2) is 0 Å². The van der Waals surface area contributed by atoms with Crippen molar-refractivity contribution in [1.29, 1.82) is 0 Å². The average Bonchev–Trinajstić information content (AvgIpc) is 2.40. The molecule has 1 aliphatic carbocycles. The van der Waals surface area contributed by atoms with E-state index in [1.54, 1.807) is 0 Å². The highest BCUT2D eigenvalue weighted by Crippen LogP contribution is 2.32. The molecule has 0 aromatic heterocycles. The summed E-state index contributed by atoms with van der Waals surface area (Å²) in [6, 6.07) is 0.672. The Morgan fingerprint density at radius 3 is 2.53 bits per heavy atom. The lowest BCUT2D eigenvalue weighted by Crippen LogP contribution is -2.45. The van der Waals surface area contributed by atoms with Gasteiger partial charge in [0.2, 0.25) is 0 Å². The van der Waals surface area contributed by atoms with Gasteiger partial charge in [-0.2, -0.15) is 0 Å². The summed E-state index contributed by atoms with van der Waals surface area (Å²) in [7, 11) is 2.11. The van der Waals surface area contributed by atoms with Crippen LogP contribution in [0.5, 0.6) is 0 Å². The van der Waals surface area contributed by atoms with Gasteiger partial charge in [0, 0.05) is 19.1 Å². The third-order valence-electron chi connectivity index (χ3n) is 4.61. The molecule has 1 fully saturated rings. The second-order valence-corrected chi connectivity index (χ2v) is 6.15. The maximum atomic E-state index is 9.19. The van der Waals surface area contributed by atoms with Crippen LogP contribution >= 0.6 is 0 Å². The number of nitrogens with one attached hydrogen (secondary N) is 1. The molecule has 3 nitrogen and oxygen atoms in total. The van der Waals surface area contributed by atoms with Gasteiger partial charge in [-0.1, -0.05) is 26.7 Å². The Morgan fingerprint density at radius 1 is 1.16 bits per heavy atom. The van der Waals surface area contributed by atoms with Crippen LogP contribution in [0.2, 0.25) is 0 Å². The second kappa shape index (κ2) is 9.73. The van der Waals surface area contributed by atoms with Crippen LogP contribution in [0.25, 0.3) is 0 Å². The van der Waals surface area contributed by atoms with Crippen molar-refractivity contribution in [3.8, 4) is 0 Å². The zero-order valence-electron chi connectivity index (χ0n) is 13.2. The highest BCUT2D eigenvalue weighted by Gasteiger charge is 2.30. The Kier molecular flexibility index (Phi) is 8.67. The molecule has 0 radical (unpaired) electrons. The van der Waals surface area contributed by atoms with Gasteiger partial charge in [0.25, 0.3) is 0 Å². The number of aliphatic hydroxyl groups is 1. The molecule has 3 heteroatoms. The standard InChI is InChI=1S/C16H34N2O/c1-4-6-14-7-8-16(17-3)15(12-14)13-18(9-5-2)10-11-19/h14-17,19H,4-13H2,1-3H3. The summed E-state index contributed by atoms with van der Waals surface area (Å²) in [5, 5.41) is 12.7. The maximum Gasteiger partial charge on any atom is 0.0558 e. The van der Waals surface area contributed by atoms with E-state index in [0.29, 0.717) is 6.04 Å². The molecule has 1 aliphatic rings. The normalized spacial score (nSPS) is 27.9. The average molecular weight is 270 g/mol. The molecule has 3 unspecified atom stereocenters. The van der Waals surface area contributed by atoms with E-state index in [1.165, 1.54) is 38.5 Å². The largest absolute Gasteiger partial charge is 0.395 e. The van der Waals surface area contributed by atoms with Crippen LogP contribution in [0, 0.1) is 11.8 Å². The molecule has 19 heavy (non-hydrogen) atoms. The monoisotopic (exact) mass is 270 g/mol.